The van der Waals surface area contributed by atoms with Gasteiger partial charge in [0.25, 0.3) is 0 Å². The standard InChI is InChI=1S/C28H26N3O.C13H12N.Ir/c1-18-15-19(2)17-22(16-18)25-29-24-26(32-27(30-24)28(3,4)5)31(25)23-13-11-21(12-14-23)20-9-7-6-8-10-20;1-10-3-6-12(7-4-10)13-8-5-11(2)9-14-13;/h6-16H,1-5H3;3-6,8-9H,1-2H3;/q2*-1;/i;1D3,2D3;. The van der Waals surface area contributed by atoms with Crippen LogP contribution in [-0.4, -0.2) is 19.5 Å². The molecule has 0 atom stereocenters. The van der Waals surface area contributed by atoms with Crippen molar-refractivity contribution in [2.75, 3.05) is 0 Å². The molecule has 6 heteroatoms. The largest absolute Gasteiger partial charge is 0.422 e. The molecule has 0 aliphatic rings. The maximum absolute atomic E-state index is 7.28. The van der Waals surface area contributed by atoms with E-state index in [1.807, 2.05) is 6.07 Å². The zero-order valence-electron chi connectivity index (χ0n) is 32.8. The van der Waals surface area contributed by atoms with E-state index in [0.29, 0.717) is 28.5 Å². The summed E-state index contributed by atoms with van der Waals surface area (Å²) in [6, 6.07) is 37.0. The van der Waals surface area contributed by atoms with Crippen molar-refractivity contribution in [3.05, 3.63) is 144 Å². The summed E-state index contributed by atoms with van der Waals surface area (Å²) in [5, 5.41) is 0. The summed E-state index contributed by atoms with van der Waals surface area (Å²) in [6.07, 6.45) is 1.30. The van der Waals surface area contributed by atoms with Gasteiger partial charge in [-0.25, -0.2) is 0 Å². The zero-order chi connectivity index (χ0) is 37.4. The van der Waals surface area contributed by atoms with E-state index in [0.717, 1.165) is 28.2 Å². The van der Waals surface area contributed by atoms with Crippen molar-refractivity contribution >= 4 is 11.4 Å². The van der Waals surface area contributed by atoms with Crippen LogP contribution < -0.4 is 0 Å². The van der Waals surface area contributed by atoms with Crippen LogP contribution in [0.5, 0.6) is 0 Å². The number of fused-ring (bicyclic) bond motifs is 1. The summed E-state index contributed by atoms with van der Waals surface area (Å²) in [6.45, 7) is 6.08. The summed E-state index contributed by atoms with van der Waals surface area (Å²) in [5.74, 6) is 1.46. The first-order valence-electron chi connectivity index (χ1n) is 18.0. The first kappa shape index (κ1) is 26.4. The van der Waals surface area contributed by atoms with E-state index in [1.54, 1.807) is 12.1 Å². The Morgan fingerprint density at radius 1 is 0.766 bits per heavy atom. The second kappa shape index (κ2) is 14.0. The summed E-state index contributed by atoms with van der Waals surface area (Å²) in [4.78, 5) is 13.7. The molecule has 0 unspecified atom stereocenters. The Kier molecular flexibility index (Phi) is 7.88. The van der Waals surface area contributed by atoms with Crippen LogP contribution >= 0.6 is 0 Å². The number of aromatic nitrogens is 4. The van der Waals surface area contributed by atoms with Crippen LogP contribution in [0.3, 0.4) is 0 Å². The molecule has 0 saturated heterocycles. The SMILES string of the molecule is Cc1[c-]c(-c2nc3nc(C(C)(C)C)oc3n2-c2ccc(-c3ccccc3)cc2)cc(C)c1.[2H]C([2H])([2H])c1c[c-]c(-c2ccc(C([2H])([2H])[2H])cn2)cc1.[Ir]. The molecule has 0 aliphatic heterocycles. The number of imidazole rings is 1. The van der Waals surface area contributed by atoms with Gasteiger partial charge in [0.2, 0.25) is 17.3 Å². The van der Waals surface area contributed by atoms with E-state index < -0.39 is 13.7 Å². The first-order valence-corrected chi connectivity index (χ1v) is 15.0. The molecule has 4 aromatic carbocycles. The molecule has 0 aliphatic carbocycles. The van der Waals surface area contributed by atoms with E-state index >= 15 is 0 Å². The van der Waals surface area contributed by atoms with Gasteiger partial charge in [-0.3, -0.25) is 4.98 Å². The molecule has 3 aromatic heterocycles. The maximum atomic E-state index is 7.28. The van der Waals surface area contributed by atoms with Crippen LogP contribution in [-0.2, 0) is 25.5 Å². The molecule has 47 heavy (non-hydrogen) atoms. The molecular formula is C41H38IrN4O-2. The second-order valence-electron chi connectivity index (χ2n) is 12.3. The first-order chi connectivity index (χ1) is 24.5. The predicted molar refractivity (Wildman–Crippen MR) is 187 cm³/mol. The molecule has 0 N–H and O–H groups in total. The van der Waals surface area contributed by atoms with Crippen molar-refractivity contribution < 1.29 is 32.7 Å². The van der Waals surface area contributed by atoms with Gasteiger partial charge in [-0.05, 0) is 41.4 Å². The van der Waals surface area contributed by atoms with Crippen LogP contribution in [0.2, 0.25) is 0 Å². The Bertz CT molecular complexity index is 2230. The number of hydrogen-bond donors (Lipinski definition) is 0. The van der Waals surface area contributed by atoms with Gasteiger partial charge in [0, 0.05) is 45.6 Å². The summed E-state index contributed by atoms with van der Waals surface area (Å²) >= 11 is 0. The van der Waals surface area contributed by atoms with E-state index in [1.165, 1.54) is 35.5 Å². The molecule has 7 rings (SSSR count). The Labute approximate surface area is 299 Å². The second-order valence-corrected chi connectivity index (χ2v) is 12.3. The van der Waals surface area contributed by atoms with Gasteiger partial charge in [-0.15, -0.1) is 70.3 Å². The fourth-order valence-corrected chi connectivity index (χ4v) is 5.10. The third-order valence-electron chi connectivity index (χ3n) is 7.33. The normalized spacial score (nSPS) is 13.6. The minimum absolute atomic E-state index is 0. The Hall–Kier alpha value is -4.64. The van der Waals surface area contributed by atoms with E-state index in [9.17, 15) is 0 Å². The molecule has 5 nitrogen and oxygen atoms in total. The average molecular weight is 801 g/mol. The van der Waals surface area contributed by atoms with Crippen LogP contribution in [0, 0.1) is 39.7 Å². The van der Waals surface area contributed by atoms with Crippen LogP contribution in [0.4, 0.5) is 0 Å². The number of oxazole rings is 1. The van der Waals surface area contributed by atoms with Crippen molar-refractivity contribution in [3.63, 3.8) is 0 Å². The van der Waals surface area contributed by atoms with Crippen molar-refractivity contribution in [2.45, 2.75) is 53.7 Å². The van der Waals surface area contributed by atoms with Crippen LogP contribution in [0.15, 0.2) is 108 Å². The third kappa shape index (κ3) is 7.68. The number of aryl methyl sites for hydroxylation is 4. The fraction of sp³-hybridized carbons (Fsp3) is 0.195. The molecule has 7 aromatic rings. The van der Waals surface area contributed by atoms with Crippen molar-refractivity contribution in [3.8, 4) is 39.5 Å². The fourth-order valence-electron chi connectivity index (χ4n) is 5.10. The average Bonchev–Trinajstić information content (AvgIpc) is 3.67. The van der Waals surface area contributed by atoms with Gasteiger partial charge >= 0.3 is 0 Å². The van der Waals surface area contributed by atoms with Crippen molar-refractivity contribution in [2.24, 2.45) is 0 Å². The van der Waals surface area contributed by atoms with E-state index in [2.05, 4.69) is 117 Å². The minimum atomic E-state index is -2.18. The van der Waals surface area contributed by atoms with Gasteiger partial charge in [0.1, 0.15) is 0 Å². The van der Waals surface area contributed by atoms with E-state index in [4.69, 9.17) is 22.6 Å². The zero-order valence-corrected chi connectivity index (χ0v) is 29.2. The Morgan fingerprint density at radius 3 is 2.11 bits per heavy atom. The molecule has 0 saturated carbocycles. The summed E-state index contributed by atoms with van der Waals surface area (Å²) in [7, 11) is 0. The molecule has 3 heterocycles. The summed E-state index contributed by atoms with van der Waals surface area (Å²) < 4.78 is 52.0. The smallest absolute Gasteiger partial charge is 0.244 e. The van der Waals surface area contributed by atoms with Crippen molar-refractivity contribution in [1.29, 1.82) is 0 Å². The maximum Gasteiger partial charge on any atom is 0.244 e. The third-order valence-corrected chi connectivity index (χ3v) is 7.33. The molecule has 239 valence electrons. The Balaban J connectivity index is 0.000000223. The number of pyridine rings is 1. The Morgan fingerprint density at radius 2 is 1.49 bits per heavy atom. The minimum Gasteiger partial charge on any atom is -0.422 e. The van der Waals surface area contributed by atoms with Gasteiger partial charge in [-0.1, -0.05) is 96.1 Å². The monoisotopic (exact) mass is 801 g/mol. The van der Waals surface area contributed by atoms with E-state index in [-0.39, 0.29) is 36.6 Å². The number of rotatable bonds is 4. The van der Waals surface area contributed by atoms with Gasteiger partial charge in [0.05, 0.1) is 5.82 Å². The van der Waals surface area contributed by atoms with Crippen molar-refractivity contribution in [1.82, 2.24) is 19.5 Å². The molecule has 0 spiro atoms. The van der Waals surface area contributed by atoms with Gasteiger partial charge in [-0.2, -0.15) is 4.98 Å². The number of benzene rings is 4. The molecule has 0 amide bonds. The number of nitrogens with zero attached hydrogens (tertiary/aromatic N) is 4. The predicted octanol–water partition coefficient (Wildman–Crippen LogP) is 10.2. The topological polar surface area (TPSA) is 56.7 Å². The quantitative estimate of drug-likeness (QED) is 0.166. The molecule has 0 bridgehead atoms. The number of hydrogen-bond acceptors (Lipinski definition) is 4. The molecule has 1 radical (unpaired) electrons. The van der Waals surface area contributed by atoms with Crippen LogP contribution in [0.1, 0.15) is 57.1 Å². The summed E-state index contributed by atoms with van der Waals surface area (Å²) in [5.41, 5.74) is 9.13. The molecular weight excluding hydrogens is 757 g/mol. The van der Waals surface area contributed by atoms with Gasteiger partial charge in [0.15, 0.2) is 0 Å². The molecule has 0 fully saturated rings. The van der Waals surface area contributed by atoms with Gasteiger partial charge < -0.3 is 14.0 Å². The van der Waals surface area contributed by atoms with Crippen LogP contribution in [0.25, 0.3) is 50.8 Å².